The average molecular weight is 236 g/mol. The zero-order valence-electron chi connectivity index (χ0n) is 8.39. The first-order valence-electron chi connectivity index (χ1n) is 4.39. The van der Waals surface area contributed by atoms with Gasteiger partial charge in [-0.1, -0.05) is 13.0 Å². The summed E-state index contributed by atoms with van der Waals surface area (Å²) in [5, 5.41) is 0. The summed E-state index contributed by atoms with van der Waals surface area (Å²) < 4.78 is 39.9. The Balaban J connectivity index is 2.97. The summed E-state index contributed by atoms with van der Waals surface area (Å²) in [6.07, 6.45) is -2.12. The second-order valence-electron chi connectivity index (χ2n) is 2.89. The molecule has 0 N–H and O–H groups in total. The monoisotopic (exact) mass is 236 g/mol. The van der Waals surface area contributed by atoms with E-state index in [0.29, 0.717) is 4.90 Å². The van der Waals surface area contributed by atoms with Crippen molar-refractivity contribution in [1.82, 2.24) is 0 Å². The summed E-state index contributed by atoms with van der Waals surface area (Å²) >= 11 is 1.24. The molecule has 15 heavy (non-hydrogen) atoms. The molecule has 0 spiro atoms. The molecule has 0 unspecified atom stereocenters. The molecule has 0 amide bonds. The first kappa shape index (κ1) is 12.2. The quantitative estimate of drug-likeness (QED) is 0.737. The van der Waals surface area contributed by atoms with Crippen LogP contribution in [0.25, 0.3) is 0 Å². The lowest BCUT2D eigenvalue weighted by atomic mass is 10.2. The highest BCUT2D eigenvalue weighted by molar-refractivity contribution is 7.98. The number of hydrogen-bond donors (Lipinski definition) is 0. The molecular weight excluding hydrogens is 225 g/mol. The maximum absolute atomic E-state index is 12.0. The van der Waals surface area contributed by atoms with Gasteiger partial charge in [0.25, 0.3) is 0 Å². The van der Waals surface area contributed by atoms with Crippen molar-refractivity contribution >= 4 is 11.8 Å². The number of aryl methyl sites for hydroxylation is 1. The summed E-state index contributed by atoms with van der Waals surface area (Å²) in [5.41, 5.74) is 0.994. The van der Waals surface area contributed by atoms with E-state index in [1.54, 1.807) is 18.4 Å². The fourth-order valence-corrected chi connectivity index (χ4v) is 1.72. The third kappa shape index (κ3) is 3.66. The van der Waals surface area contributed by atoms with Crippen molar-refractivity contribution < 1.29 is 17.9 Å². The van der Waals surface area contributed by atoms with Crippen LogP contribution in [0, 0.1) is 0 Å². The maximum atomic E-state index is 12.0. The van der Waals surface area contributed by atoms with Gasteiger partial charge in [0, 0.05) is 4.90 Å². The smallest absolute Gasteiger partial charge is 0.405 e. The van der Waals surface area contributed by atoms with Crippen LogP contribution in [-0.4, -0.2) is 12.6 Å². The van der Waals surface area contributed by atoms with E-state index in [2.05, 4.69) is 4.74 Å². The molecule has 1 rings (SSSR count). The van der Waals surface area contributed by atoms with E-state index in [0.717, 1.165) is 12.0 Å². The maximum Gasteiger partial charge on any atom is 0.573 e. The van der Waals surface area contributed by atoms with Crippen LogP contribution in [0.3, 0.4) is 0 Å². The van der Waals surface area contributed by atoms with Gasteiger partial charge in [-0.2, -0.15) is 0 Å². The van der Waals surface area contributed by atoms with E-state index < -0.39 is 6.36 Å². The number of alkyl halides is 3. The highest BCUT2D eigenvalue weighted by Gasteiger charge is 2.32. The molecule has 1 aromatic carbocycles. The lowest BCUT2D eigenvalue weighted by molar-refractivity contribution is -0.275. The third-order valence-electron chi connectivity index (χ3n) is 1.86. The van der Waals surface area contributed by atoms with Gasteiger partial charge in [-0.05, 0) is 30.4 Å². The highest BCUT2D eigenvalue weighted by atomic mass is 32.2. The summed E-state index contributed by atoms with van der Waals surface area (Å²) in [6, 6.07) is 4.71. The molecule has 0 saturated carbocycles. The van der Waals surface area contributed by atoms with Crippen LogP contribution in [-0.2, 0) is 6.42 Å². The average Bonchev–Trinajstić information content (AvgIpc) is 2.16. The van der Waals surface area contributed by atoms with Crippen molar-refractivity contribution in [1.29, 1.82) is 0 Å². The van der Waals surface area contributed by atoms with E-state index in [1.807, 2.05) is 6.92 Å². The van der Waals surface area contributed by atoms with E-state index >= 15 is 0 Å². The standard InChI is InChI=1S/C10H11F3OS/c1-3-7-4-5-8(9(6-7)15-2)14-10(11,12)13/h4-6H,3H2,1-2H3. The molecule has 1 nitrogen and oxygen atoms in total. The minimum absolute atomic E-state index is 0.132. The molecule has 5 heteroatoms. The lowest BCUT2D eigenvalue weighted by Gasteiger charge is -2.12. The molecule has 0 bridgehead atoms. The fraction of sp³-hybridized carbons (Fsp3) is 0.400. The third-order valence-corrected chi connectivity index (χ3v) is 2.62. The Kier molecular flexibility index (Phi) is 3.90. The van der Waals surface area contributed by atoms with Crippen molar-refractivity contribution in [2.45, 2.75) is 24.6 Å². The van der Waals surface area contributed by atoms with Crippen molar-refractivity contribution in [2.75, 3.05) is 6.26 Å². The van der Waals surface area contributed by atoms with Crippen LogP contribution in [0.4, 0.5) is 13.2 Å². The Morgan fingerprint density at radius 2 is 2.00 bits per heavy atom. The van der Waals surface area contributed by atoms with Gasteiger partial charge in [0.1, 0.15) is 5.75 Å². The SMILES string of the molecule is CCc1ccc(OC(F)(F)F)c(SC)c1. The largest absolute Gasteiger partial charge is 0.573 e. The van der Waals surface area contributed by atoms with Gasteiger partial charge in [0.05, 0.1) is 0 Å². The van der Waals surface area contributed by atoms with Gasteiger partial charge in [-0.3, -0.25) is 0 Å². The molecular formula is C10H11F3OS. The number of halogens is 3. The summed E-state index contributed by atoms with van der Waals surface area (Å²) in [6.45, 7) is 1.95. The van der Waals surface area contributed by atoms with Crippen molar-refractivity contribution in [3.05, 3.63) is 23.8 Å². The van der Waals surface area contributed by atoms with Gasteiger partial charge in [0.15, 0.2) is 0 Å². The number of thioether (sulfide) groups is 1. The second kappa shape index (κ2) is 4.79. The molecule has 1 aromatic rings. The van der Waals surface area contributed by atoms with E-state index in [-0.39, 0.29) is 5.75 Å². The summed E-state index contributed by atoms with van der Waals surface area (Å²) in [5.74, 6) is -0.132. The Morgan fingerprint density at radius 1 is 1.33 bits per heavy atom. The van der Waals surface area contributed by atoms with Crippen LogP contribution < -0.4 is 4.74 Å². The molecule has 0 aromatic heterocycles. The van der Waals surface area contributed by atoms with E-state index in [4.69, 9.17) is 0 Å². The highest BCUT2D eigenvalue weighted by Crippen LogP contribution is 2.32. The molecule has 0 heterocycles. The fourth-order valence-electron chi connectivity index (χ4n) is 1.14. The lowest BCUT2D eigenvalue weighted by Crippen LogP contribution is -2.17. The number of benzene rings is 1. The van der Waals surface area contributed by atoms with E-state index in [9.17, 15) is 13.2 Å². The molecule has 84 valence electrons. The van der Waals surface area contributed by atoms with E-state index in [1.165, 1.54) is 17.8 Å². The Morgan fingerprint density at radius 3 is 2.47 bits per heavy atom. The summed E-state index contributed by atoms with van der Waals surface area (Å²) in [4.78, 5) is 0.506. The van der Waals surface area contributed by atoms with Crippen LogP contribution >= 0.6 is 11.8 Å². The minimum atomic E-state index is -4.63. The number of hydrogen-bond acceptors (Lipinski definition) is 2. The van der Waals surface area contributed by atoms with Crippen LogP contribution in [0.15, 0.2) is 23.1 Å². The molecule has 0 saturated heterocycles. The zero-order chi connectivity index (χ0) is 11.5. The molecule has 0 radical (unpaired) electrons. The molecule has 0 fully saturated rings. The molecule has 0 aliphatic heterocycles. The number of rotatable bonds is 3. The predicted molar refractivity (Wildman–Crippen MR) is 54.3 cm³/mol. The van der Waals surface area contributed by atoms with Crippen molar-refractivity contribution in [3.63, 3.8) is 0 Å². The van der Waals surface area contributed by atoms with Crippen molar-refractivity contribution in [3.8, 4) is 5.75 Å². The first-order chi connectivity index (χ1) is 6.96. The molecule has 0 atom stereocenters. The van der Waals surface area contributed by atoms with Gasteiger partial charge in [-0.25, -0.2) is 0 Å². The van der Waals surface area contributed by atoms with Crippen LogP contribution in [0.2, 0.25) is 0 Å². The topological polar surface area (TPSA) is 9.23 Å². The van der Waals surface area contributed by atoms with Gasteiger partial charge in [-0.15, -0.1) is 24.9 Å². The minimum Gasteiger partial charge on any atom is -0.405 e. The number of ether oxygens (including phenoxy) is 1. The Bertz CT molecular complexity index is 336. The predicted octanol–water partition coefficient (Wildman–Crippen LogP) is 3.87. The van der Waals surface area contributed by atoms with Gasteiger partial charge >= 0.3 is 6.36 Å². The Labute approximate surface area is 90.6 Å². The van der Waals surface area contributed by atoms with Crippen LogP contribution in [0.5, 0.6) is 5.75 Å². The van der Waals surface area contributed by atoms with Crippen LogP contribution in [0.1, 0.15) is 12.5 Å². The zero-order valence-corrected chi connectivity index (χ0v) is 9.21. The second-order valence-corrected chi connectivity index (χ2v) is 3.73. The Hall–Kier alpha value is -0.840. The van der Waals surface area contributed by atoms with Crippen molar-refractivity contribution in [2.24, 2.45) is 0 Å². The first-order valence-corrected chi connectivity index (χ1v) is 5.61. The van der Waals surface area contributed by atoms with Gasteiger partial charge < -0.3 is 4.74 Å². The summed E-state index contributed by atoms with van der Waals surface area (Å²) in [7, 11) is 0. The van der Waals surface area contributed by atoms with Gasteiger partial charge in [0.2, 0.25) is 0 Å². The molecule has 0 aliphatic rings. The molecule has 0 aliphatic carbocycles. The normalized spacial score (nSPS) is 11.5.